The number of halogens is 1. The number of hydrogen-bond donors (Lipinski definition) is 1. The van der Waals surface area contributed by atoms with Gasteiger partial charge in [-0.05, 0) is 31.7 Å². The Morgan fingerprint density at radius 2 is 1.76 bits per heavy atom. The molecule has 1 aromatic carbocycles. The van der Waals surface area contributed by atoms with Crippen LogP contribution in [0.4, 0.5) is 0 Å². The summed E-state index contributed by atoms with van der Waals surface area (Å²) in [6, 6.07) is 10.1. The van der Waals surface area contributed by atoms with Gasteiger partial charge in [-0.1, -0.05) is 29.8 Å². The molecule has 1 atom stereocenters. The standard InChI is InChI=1S/C14H17ClN2/c15-13-8-4-3-7-12(13)14(11-16)17-9-5-1-2-6-10-17/h3-4,7-8,14H,1-2,5-6,9-10H2/p+1/t14-/m1/s1. The van der Waals surface area contributed by atoms with Gasteiger partial charge < -0.3 is 4.90 Å². The lowest BCUT2D eigenvalue weighted by Crippen LogP contribution is -3.12. The highest BCUT2D eigenvalue weighted by Gasteiger charge is 2.26. The van der Waals surface area contributed by atoms with Crippen molar-refractivity contribution in [1.82, 2.24) is 0 Å². The molecule has 0 aliphatic carbocycles. The third kappa shape index (κ3) is 3.00. The molecule has 0 aromatic heterocycles. The molecular weight excluding hydrogens is 232 g/mol. The summed E-state index contributed by atoms with van der Waals surface area (Å²) in [4.78, 5) is 1.37. The van der Waals surface area contributed by atoms with Crippen LogP contribution in [0.1, 0.15) is 37.3 Å². The van der Waals surface area contributed by atoms with Gasteiger partial charge in [0, 0.05) is 5.56 Å². The number of nitrogens with one attached hydrogen (secondary N) is 1. The summed E-state index contributed by atoms with van der Waals surface area (Å²) in [5, 5.41) is 10.1. The van der Waals surface area contributed by atoms with Crippen molar-refractivity contribution in [3.05, 3.63) is 34.9 Å². The van der Waals surface area contributed by atoms with Crippen LogP contribution in [0.3, 0.4) is 0 Å². The van der Waals surface area contributed by atoms with Gasteiger partial charge in [0.1, 0.15) is 6.07 Å². The second kappa shape index (κ2) is 6.05. The average Bonchev–Trinajstić information content (AvgIpc) is 2.62. The summed E-state index contributed by atoms with van der Waals surface area (Å²) in [5.41, 5.74) is 0.980. The summed E-state index contributed by atoms with van der Waals surface area (Å²) < 4.78 is 0. The summed E-state index contributed by atoms with van der Waals surface area (Å²) in [6.07, 6.45) is 5.03. The Hall–Kier alpha value is -1.04. The SMILES string of the molecule is N#C[C@H](c1ccccc1Cl)[NH+]1CCCCCC1. The molecule has 0 saturated carbocycles. The fourth-order valence-electron chi connectivity index (χ4n) is 2.56. The maximum atomic E-state index is 9.42. The zero-order valence-electron chi connectivity index (χ0n) is 9.95. The summed E-state index contributed by atoms with van der Waals surface area (Å²) in [6.45, 7) is 2.17. The van der Waals surface area contributed by atoms with Gasteiger partial charge in [-0.25, -0.2) is 0 Å². The van der Waals surface area contributed by atoms with Gasteiger partial charge >= 0.3 is 0 Å². The van der Waals surface area contributed by atoms with Crippen molar-refractivity contribution in [3.63, 3.8) is 0 Å². The van der Waals surface area contributed by atoms with Gasteiger partial charge in [0.25, 0.3) is 0 Å². The first-order valence-electron chi connectivity index (χ1n) is 6.31. The molecule has 0 bridgehead atoms. The van der Waals surface area contributed by atoms with Crippen LogP contribution in [0.25, 0.3) is 0 Å². The molecule has 0 spiro atoms. The Labute approximate surface area is 108 Å². The van der Waals surface area contributed by atoms with E-state index in [0.29, 0.717) is 0 Å². The summed E-state index contributed by atoms with van der Waals surface area (Å²) >= 11 is 6.19. The molecule has 1 saturated heterocycles. The van der Waals surface area contributed by atoms with Crippen molar-refractivity contribution < 1.29 is 4.90 Å². The molecule has 0 amide bonds. The minimum atomic E-state index is -0.109. The van der Waals surface area contributed by atoms with Gasteiger partial charge in [-0.3, -0.25) is 0 Å². The molecule has 17 heavy (non-hydrogen) atoms. The first kappa shape index (κ1) is 12.4. The van der Waals surface area contributed by atoms with Crippen LogP contribution in [0.15, 0.2) is 24.3 Å². The normalized spacial score (nSPS) is 19.3. The lowest BCUT2D eigenvalue weighted by atomic mass is 10.1. The van der Waals surface area contributed by atoms with Gasteiger partial charge in [-0.2, -0.15) is 5.26 Å². The first-order valence-corrected chi connectivity index (χ1v) is 6.69. The fraction of sp³-hybridized carbons (Fsp3) is 0.500. The van der Waals surface area contributed by atoms with E-state index in [9.17, 15) is 5.26 Å². The van der Waals surface area contributed by atoms with Crippen LogP contribution in [-0.2, 0) is 0 Å². The molecule has 0 unspecified atom stereocenters. The smallest absolute Gasteiger partial charge is 0.202 e. The second-order valence-corrected chi connectivity index (χ2v) is 5.06. The van der Waals surface area contributed by atoms with Crippen LogP contribution in [0.2, 0.25) is 5.02 Å². The molecule has 1 aliphatic heterocycles. The zero-order valence-corrected chi connectivity index (χ0v) is 10.7. The summed E-state index contributed by atoms with van der Waals surface area (Å²) in [5.74, 6) is 0. The van der Waals surface area contributed by atoms with Crippen molar-refractivity contribution in [3.8, 4) is 6.07 Å². The van der Waals surface area contributed by atoms with Crippen LogP contribution in [0.5, 0.6) is 0 Å². The number of nitriles is 1. The molecule has 1 aliphatic rings. The van der Waals surface area contributed by atoms with Crippen LogP contribution in [-0.4, -0.2) is 13.1 Å². The van der Waals surface area contributed by atoms with E-state index in [1.54, 1.807) is 0 Å². The fourth-order valence-corrected chi connectivity index (χ4v) is 2.81. The third-order valence-corrected chi connectivity index (χ3v) is 3.84. The van der Waals surface area contributed by atoms with Crippen molar-refractivity contribution in [2.45, 2.75) is 31.7 Å². The maximum Gasteiger partial charge on any atom is 0.202 e. The number of benzene rings is 1. The van der Waals surface area contributed by atoms with Crippen LogP contribution in [0, 0.1) is 11.3 Å². The van der Waals surface area contributed by atoms with Gasteiger partial charge in [0.05, 0.1) is 18.1 Å². The Kier molecular flexibility index (Phi) is 4.42. The van der Waals surface area contributed by atoms with E-state index < -0.39 is 0 Å². The van der Waals surface area contributed by atoms with E-state index in [4.69, 9.17) is 11.6 Å². The lowest BCUT2D eigenvalue weighted by Gasteiger charge is -2.23. The van der Waals surface area contributed by atoms with Crippen LogP contribution < -0.4 is 4.90 Å². The molecule has 3 heteroatoms. The number of likely N-dealkylation sites (tertiary alicyclic amines) is 1. The number of nitrogens with zero attached hydrogens (tertiary/aromatic N) is 1. The van der Waals surface area contributed by atoms with Crippen molar-refractivity contribution in [1.29, 1.82) is 5.26 Å². The molecule has 1 aromatic rings. The molecule has 2 rings (SSSR count). The predicted octanol–water partition coefficient (Wildman–Crippen LogP) is 2.36. The molecule has 1 fully saturated rings. The molecule has 0 radical (unpaired) electrons. The van der Waals surface area contributed by atoms with Gasteiger partial charge in [0.15, 0.2) is 0 Å². The number of hydrogen-bond acceptors (Lipinski definition) is 1. The highest BCUT2D eigenvalue weighted by Crippen LogP contribution is 2.20. The van der Waals surface area contributed by atoms with E-state index in [-0.39, 0.29) is 6.04 Å². The number of rotatable bonds is 2. The molecule has 90 valence electrons. The van der Waals surface area contributed by atoms with Crippen molar-refractivity contribution in [2.24, 2.45) is 0 Å². The maximum absolute atomic E-state index is 9.42. The molecule has 1 N–H and O–H groups in total. The highest BCUT2D eigenvalue weighted by atomic mass is 35.5. The van der Waals surface area contributed by atoms with E-state index in [0.717, 1.165) is 23.7 Å². The Morgan fingerprint density at radius 3 is 2.35 bits per heavy atom. The molecular formula is C14H18ClN2+. The van der Waals surface area contributed by atoms with Crippen LogP contribution >= 0.6 is 11.6 Å². The average molecular weight is 250 g/mol. The first-order chi connectivity index (χ1) is 8.33. The topological polar surface area (TPSA) is 28.2 Å². The molecule has 2 nitrogen and oxygen atoms in total. The quantitative estimate of drug-likeness (QED) is 0.857. The Morgan fingerprint density at radius 1 is 1.12 bits per heavy atom. The zero-order chi connectivity index (χ0) is 12.1. The number of quaternary nitrogens is 1. The van der Waals surface area contributed by atoms with E-state index in [1.807, 2.05) is 24.3 Å². The third-order valence-electron chi connectivity index (χ3n) is 3.50. The van der Waals surface area contributed by atoms with Crippen molar-refractivity contribution >= 4 is 11.6 Å². The van der Waals surface area contributed by atoms with Gasteiger partial charge in [0.2, 0.25) is 6.04 Å². The van der Waals surface area contributed by atoms with E-state index in [1.165, 1.54) is 30.6 Å². The minimum Gasteiger partial charge on any atom is -0.317 e. The molecule has 1 heterocycles. The Balaban J connectivity index is 2.21. The monoisotopic (exact) mass is 249 g/mol. The largest absolute Gasteiger partial charge is 0.317 e. The van der Waals surface area contributed by atoms with E-state index >= 15 is 0 Å². The van der Waals surface area contributed by atoms with Crippen molar-refractivity contribution in [2.75, 3.05) is 13.1 Å². The predicted molar refractivity (Wildman–Crippen MR) is 69.0 cm³/mol. The highest BCUT2D eigenvalue weighted by molar-refractivity contribution is 6.31. The lowest BCUT2D eigenvalue weighted by molar-refractivity contribution is -0.922. The Bertz CT molecular complexity index is 403. The minimum absolute atomic E-state index is 0.109. The summed E-state index contributed by atoms with van der Waals surface area (Å²) in [7, 11) is 0. The van der Waals surface area contributed by atoms with Gasteiger partial charge in [-0.15, -0.1) is 0 Å². The second-order valence-electron chi connectivity index (χ2n) is 4.66. The van der Waals surface area contributed by atoms with E-state index in [2.05, 4.69) is 6.07 Å².